The Labute approximate surface area is 188 Å². The van der Waals surface area contributed by atoms with Crippen LogP contribution in [-0.4, -0.2) is 23.0 Å². The lowest BCUT2D eigenvalue weighted by atomic mass is 10.0. The van der Waals surface area contributed by atoms with Gasteiger partial charge in [0.25, 0.3) is 11.8 Å². The fraction of sp³-hybridized carbons (Fsp3) is 0.760. The summed E-state index contributed by atoms with van der Waals surface area (Å²) in [6.07, 6.45) is 21.4. The van der Waals surface area contributed by atoms with Crippen LogP contribution in [0.4, 0.5) is 0 Å². The molecule has 2 aromatic rings. The first kappa shape index (κ1) is 25.3. The molecule has 0 saturated carbocycles. The molecule has 2 heterocycles. The van der Waals surface area contributed by atoms with Crippen molar-refractivity contribution in [2.75, 3.05) is 6.61 Å². The average molecular weight is 435 g/mol. The van der Waals surface area contributed by atoms with Crippen LogP contribution in [0.15, 0.2) is 27.4 Å². The molecule has 0 bridgehead atoms. The van der Waals surface area contributed by atoms with Crippen LogP contribution >= 0.6 is 0 Å². The Balaban J connectivity index is 1.38. The molecule has 0 saturated heterocycles. The Morgan fingerprint density at radius 1 is 0.806 bits per heavy atom. The number of nitrogens with zero attached hydrogens (tertiary/aromatic N) is 2. The van der Waals surface area contributed by atoms with E-state index in [-0.39, 0.29) is 6.10 Å². The van der Waals surface area contributed by atoms with Gasteiger partial charge in [-0.2, -0.15) is 0 Å². The highest BCUT2D eigenvalue weighted by molar-refractivity contribution is 5.11. The molecule has 0 aliphatic carbocycles. The summed E-state index contributed by atoms with van der Waals surface area (Å²) in [4.78, 5) is 0. The van der Waals surface area contributed by atoms with Gasteiger partial charge < -0.3 is 18.5 Å². The summed E-state index contributed by atoms with van der Waals surface area (Å²) >= 11 is 0. The fourth-order valence-corrected chi connectivity index (χ4v) is 3.68. The molecule has 176 valence electrons. The first-order valence-corrected chi connectivity index (χ1v) is 12.4. The predicted molar refractivity (Wildman–Crippen MR) is 123 cm³/mol. The molecule has 0 aliphatic heterocycles. The minimum atomic E-state index is -0.156. The van der Waals surface area contributed by atoms with Gasteiger partial charge in [-0.3, -0.25) is 0 Å². The van der Waals surface area contributed by atoms with Gasteiger partial charge in [0, 0.05) is 18.6 Å². The Hall–Kier alpha value is -1.98. The quantitative estimate of drug-likeness (QED) is 0.201. The molecule has 0 amide bonds. The molecule has 6 nitrogen and oxygen atoms in total. The van der Waals surface area contributed by atoms with Gasteiger partial charge in [0.05, 0.1) is 0 Å². The van der Waals surface area contributed by atoms with Crippen molar-refractivity contribution in [2.24, 2.45) is 0 Å². The zero-order valence-electron chi connectivity index (χ0n) is 19.7. The Morgan fingerprint density at radius 3 is 2.00 bits per heavy atom. The lowest BCUT2D eigenvalue weighted by Gasteiger charge is -2.11. The monoisotopic (exact) mass is 434 g/mol. The number of hydrogen-bond acceptors (Lipinski definition) is 6. The molecule has 6 heteroatoms. The van der Waals surface area contributed by atoms with E-state index in [1.807, 2.05) is 13.0 Å². The Kier molecular flexibility index (Phi) is 13.6. The second kappa shape index (κ2) is 16.7. The van der Waals surface area contributed by atoms with Crippen LogP contribution in [0, 0.1) is 0 Å². The van der Waals surface area contributed by atoms with E-state index in [0.29, 0.717) is 18.4 Å². The number of hydrogen-bond donors (Lipinski definition) is 0. The van der Waals surface area contributed by atoms with Crippen molar-refractivity contribution >= 4 is 0 Å². The van der Waals surface area contributed by atoms with Gasteiger partial charge in [0.2, 0.25) is 0 Å². The summed E-state index contributed by atoms with van der Waals surface area (Å²) in [6, 6.07) is 3.55. The van der Waals surface area contributed by atoms with Crippen molar-refractivity contribution < 1.29 is 18.5 Å². The SMILES string of the molecule is CCCCCCCCCCCCCCCCc1cc(OCC(C)Oc2ccon2)no1. The molecule has 0 radical (unpaired) electrons. The van der Waals surface area contributed by atoms with Crippen molar-refractivity contribution in [3.63, 3.8) is 0 Å². The van der Waals surface area contributed by atoms with Crippen LogP contribution in [0.2, 0.25) is 0 Å². The van der Waals surface area contributed by atoms with E-state index >= 15 is 0 Å². The number of aryl methyl sites for hydroxylation is 1. The highest BCUT2D eigenvalue weighted by atomic mass is 16.6. The van der Waals surface area contributed by atoms with E-state index < -0.39 is 0 Å². The minimum Gasteiger partial charge on any atom is -0.472 e. The molecule has 0 aromatic carbocycles. The van der Waals surface area contributed by atoms with Crippen molar-refractivity contribution in [2.45, 2.75) is 116 Å². The fourth-order valence-electron chi connectivity index (χ4n) is 3.68. The average Bonchev–Trinajstić information content (AvgIpc) is 3.44. The largest absolute Gasteiger partial charge is 0.472 e. The molecule has 0 aliphatic rings. The maximum Gasteiger partial charge on any atom is 0.254 e. The van der Waals surface area contributed by atoms with Crippen LogP contribution in [0.3, 0.4) is 0 Å². The predicted octanol–water partition coefficient (Wildman–Crippen LogP) is 7.53. The highest BCUT2D eigenvalue weighted by Gasteiger charge is 2.10. The minimum absolute atomic E-state index is 0.156. The molecule has 1 atom stereocenters. The van der Waals surface area contributed by atoms with E-state index in [9.17, 15) is 0 Å². The third kappa shape index (κ3) is 12.5. The van der Waals surface area contributed by atoms with Gasteiger partial charge in [-0.15, -0.1) is 0 Å². The molecule has 2 rings (SSSR count). The van der Waals surface area contributed by atoms with Gasteiger partial charge in [-0.05, 0) is 23.7 Å². The Morgan fingerprint density at radius 2 is 1.42 bits per heavy atom. The number of ether oxygens (including phenoxy) is 2. The first-order valence-electron chi connectivity index (χ1n) is 12.4. The third-order valence-corrected chi connectivity index (χ3v) is 5.52. The number of unbranched alkanes of at least 4 members (excludes halogenated alkanes) is 13. The number of rotatable bonds is 20. The van der Waals surface area contributed by atoms with Gasteiger partial charge in [0.1, 0.15) is 24.7 Å². The van der Waals surface area contributed by atoms with E-state index in [2.05, 4.69) is 17.2 Å². The first-order chi connectivity index (χ1) is 15.3. The summed E-state index contributed by atoms with van der Waals surface area (Å²) in [6.45, 7) is 4.56. The molecule has 0 N–H and O–H groups in total. The molecular formula is C25H42N2O4. The standard InChI is InChI=1S/C25H42N2O4/c1-3-4-5-6-7-8-9-10-11-12-13-14-15-16-17-23-20-25(27-31-23)28-21-22(2)30-24-18-19-29-26-24/h18-20,22H,3-17,21H2,1-2H3. The molecule has 31 heavy (non-hydrogen) atoms. The van der Waals surface area contributed by atoms with E-state index in [0.717, 1.165) is 18.6 Å². The van der Waals surface area contributed by atoms with Crippen molar-refractivity contribution in [1.82, 2.24) is 10.3 Å². The van der Waals surface area contributed by atoms with E-state index in [4.69, 9.17) is 18.5 Å². The maximum atomic E-state index is 5.63. The van der Waals surface area contributed by atoms with Gasteiger partial charge in [-0.25, -0.2) is 0 Å². The number of aromatic nitrogens is 2. The zero-order chi connectivity index (χ0) is 22.0. The van der Waals surface area contributed by atoms with Gasteiger partial charge in [0.15, 0.2) is 0 Å². The second-order valence-electron chi connectivity index (χ2n) is 8.55. The van der Waals surface area contributed by atoms with Crippen LogP contribution in [0.25, 0.3) is 0 Å². The molecule has 2 aromatic heterocycles. The topological polar surface area (TPSA) is 70.5 Å². The molecule has 1 unspecified atom stereocenters. The van der Waals surface area contributed by atoms with Crippen LogP contribution in [0.1, 0.15) is 109 Å². The van der Waals surface area contributed by atoms with Crippen LogP contribution in [-0.2, 0) is 6.42 Å². The van der Waals surface area contributed by atoms with Gasteiger partial charge in [-0.1, -0.05) is 90.4 Å². The van der Waals surface area contributed by atoms with E-state index in [1.54, 1.807) is 6.07 Å². The summed E-state index contributed by atoms with van der Waals surface area (Å²) in [7, 11) is 0. The highest BCUT2D eigenvalue weighted by Crippen LogP contribution is 2.17. The van der Waals surface area contributed by atoms with Crippen LogP contribution in [0.5, 0.6) is 11.8 Å². The Bertz CT molecular complexity index is 642. The zero-order valence-corrected chi connectivity index (χ0v) is 19.7. The lowest BCUT2D eigenvalue weighted by molar-refractivity contribution is 0.127. The normalized spacial score (nSPS) is 12.2. The lowest BCUT2D eigenvalue weighted by Crippen LogP contribution is -2.21. The summed E-state index contributed by atoms with van der Waals surface area (Å²) in [5, 5.41) is 7.70. The van der Waals surface area contributed by atoms with Crippen molar-refractivity contribution in [3.8, 4) is 11.8 Å². The van der Waals surface area contributed by atoms with Crippen molar-refractivity contribution in [1.29, 1.82) is 0 Å². The van der Waals surface area contributed by atoms with E-state index in [1.165, 1.54) is 89.7 Å². The molecular weight excluding hydrogens is 392 g/mol. The molecule has 0 fully saturated rings. The van der Waals surface area contributed by atoms with Crippen LogP contribution < -0.4 is 9.47 Å². The molecule has 0 spiro atoms. The van der Waals surface area contributed by atoms with Crippen molar-refractivity contribution in [3.05, 3.63) is 24.2 Å². The second-order valence-corrected chi connectivity index (χ2v) is 8.55. The summed E-state index contributed by atoms with van der Waals surface area (Å²) in [5.41, 5.74) is 0. The smallest absolute Gasteiger partial charge is 0.254 e. The summed E-state index contributed by atoms with van der Waals surface area (Å²) in [5.74, 6) is 1.85. The van der Waals surface area contributed by atoms with Gasteiger partial charge >= 0.3 is 0 Å². The third-order valence-electron chi connectivity index (χ3n) is 5.52. The summed E-state index contributed by atoms with van der Waals surface area (Å²) < 4.78 is 21.3. The maximum absolute atomic E-state index is 5.63.